The minimum absolute atomic E-state index is 0.861. The second kappa shape index (κ2) is 11.0. The van der Waals surface area contributed by atoms with Gasteiger partial charge in [-0.1, -0.05) is 71.8 Å². The van der Waals surface area contributed by atoms with E-state index < -0.39 is 0 Å². The molecule has 194 valence electrons. The van der Waals surface area contributed by atoms with Crippen molar-refractivity contribution in [3.63, 3.8) is 0 Å². The highest BCUT2D eigenvalue weighted by Gasteiger charge is 2.20. The molecular weight excluding hydrogens is 476 g/mol. The highest BCUT2D eigenvalue weighted by molar-refractivity contribution is 6.02. The molecule has 0 aliphatic rings. The lowest BCUT2D eigenvalue weighted by Gasteiger charge is -2.10. The predicted molar refractivity (Wildman–Crippen MR) is 162 cm³/mol. The summed E-state index contributed by atoms with van der Waals surface area (Å²) in [7, 11) is 0. The summed E-state index contributed by atoms with van der Waals surface area (Å²) in [6, 6.07) is 29.5. The van der Waals surface area contributed by atoms with Gasteiger partial charge in [-0.3, -0.25) is 0 Å². The van der Waals surface area contributed by atoms with Crippen LogP contribution in [-0.2, 0) is 0 Å². The Labute approximate surface area is 231 Å². The number of rotatable bonds is 4. The maximum Gasteiger partial charge on any atom is 0.274 e. The second-order valence-corrected chi connectivity index (χ2v) is 10.3. The number of aromatic nitrogens is 2. The first-order chi connectivity index (χ1) is 18.8. The van der Waals surface area contributed by atoms with Crippen LogP contribution in [0.3, 0.4) is 0 Å². The molecule has 0 aliphatic heterocycles. The van der Waals surface area contributed by atoms with Crippen molar-refractivity contribution in [3.05, 3.63) is 148 Å². The van der Waals surface area contributed by atoms with Crippen molar-refractivity contribution in [2.75, 3.05) is 0 Å². The molecule has 0 bridgehead atoms. The normalized spacial score (nSPS) is 12.2. The average Bonchev–Trinajstić information content (AvgIpc) is 3.38. The van der Waals surface area contributed by atoms with E-state index in [4.69, 9.17) is 9.98 Å². The Kier molecular flexibility index (Phi) is 7.38. The lowest BCUT2D eigenvalue weighted by Crippen LogP contribution is -2.42. The Balaban J connectivity index is 1.68. The van der Waals surface area contributed by atoms with Gasteiger partial charge in [0.15, 0.2) is 0 Å². The summed E-state index contributed by atoms with van der Waals surface area (Å²) in [6.45, 7) is 12.8. The molecule has 0 aliphatic carbocycles. The van der Waals surface area contributed by atoms with E-state index in [1.54, 1.807) is 0 Å². The summed E-state index contributed by atoms with van der Waals surface area (Å²) in [5, 5.41) is 0. The smallest absolute Gasteiger partial charge is 0.219 e. The van der Waals surface area contributed by atoms with Crippen LogP contribution >= 0.6 is 0 Å². The first kappa shape index (κ1) is 26.1. The van der Waals surface area contributed by atoms with Gasteiger partial charge in [0.05, 0.1) is 11.3 Å². The quantitative estimate of drug-likeness (QED) is 0.134. The molecule has 39 heavy (non-hydrogen) atoms. The fraction of sp³-hybridized carbons (Fsp3) is 0.171. The fourth-order valence-corrected chi connectivity index (χ4v) is 5.23. The van der Waals surface area contributed by atoms with E-state index in [1.807, 2.05) is 12.1 Å². The summed E-state index contributed by atoms with van der Waals surface area (Å²) >= 11 is 0. The van der Waals surface area contributed by atoms with Crippen molar-refractivity contribution >= 4 is 23.0 Å². The maximum absolute atomic E-state index is 5.23. The predicted octanol–water partition coefficient (Wildman–Crippen LogP) is 7.88. The highest BCUT2D eigenvalue weighted by atomic mass is 15.2. The Morgan fingerprint density at radius 3 is 1.56 bits per heavy atom. The van der Waals surface area contributed by atoms with E-state index in [-0.39, 0.29) is 0 Å². The van der Waals surface area contributed by atoms with Gasteiger partial charge < -0.3 is 0 Å². The number of aliphatic imine (C=N–C) groups is 2. The minimum Gasteiger partial charge on any atom is -0.219 e. The van der Waals surface area contributed by atoms with E-state index in [1.165, 1.54) is 11.1 Å². The largest absolute Gasteiger partial charge is 0.274 e. The van der Waals surface area contributed by atoms with Crippen LogP contribution in [0.15, 0.2) is 114 Å². The summed E-state index contributed by atoms with van der Waals surface area (Å²) in [4.78, 5) is 10.5. The zero-order valence-electron chi connectivity index (χ0n) is 23.6. The minimum atomic E-state index is 0.861. The molecule has 0 fully saturated rings. The molecule has 1 aromatic heterocycles. The molecule has 0 N–H and O–H groups in total. The third-order valence-corrected chi connectivity index (χ3v) is 6.90. The van der Waals surface area contributed by atoms with Gasteiger partial charge in [0.1, 0.15) is 18.1 Å². The average molecular weight is 512 g/mol. The number of benzene rings is 4. The zero-order chi connectivity index (χ0) is 27.5. The van der Waals surface area contributed by atoms with E-state index in [0.717, 1.165) is 56.4 Å². The van der Waals surface area contributed by atoms with Crippen LogP contribution < -0.4 is 4.57 Å². The van der Waals surface area contributed by atoms with Crippen LogP contribution in [0.2, 0.25) is 0 Å². The van der Waals surface area contributed by atoms with Gasteiger partial charge in [-0.15, -0.1) is 4.99 Å². The van der Waals surface area contributed by atoms with Crippen LogP contribution in [0, 0.1) is 41.5 Å². The third-order valence-electron chi connectivity index (χ3n) is 6.90. The lowest BCUT2D eigenvalue weighted by molar-refractivity contribution is -0.553. The van der Waals surface area contributed by atoms with Crippen molar-refractivity contribution < 1.29 is 4.57 Å². The first-order valence-corrected chi connectivity index (χ1v) is 13.3. The summed E-state index contributed by atoms with van der Waals surface area (Å²) in [6.07, 6.45) is 6.17. The molecule has 5 rings (SSSR count). The molecule has 0 radical (unpaired) electrons. The Morgan fingerprint density at radius 2 is 1.05 bits per heavy atom. The SMILES string of the molecule is Cc1cc(C)c(N=C(c2ccccc2)n2cc[n+](C(=Nc3c(C)cc(C)cc3C)c3ccccc3)c2)c(C)c1. The Hall–Kier alpha value is -4.57. The molecule has 0 saturated heterocycles. The van der Waals surface area contributed by atoms with Crippen LogP contribution in [-0.4, -0.2) is 16.2 Å². The standard InChI is InChI=1S/C35H35N4/c1-24-19-26(3)32(27(4)20-24)36-34(30-13-9-7-10-14-30)38-17-18-39(23-38)35(31-15-11-8-12-16-31)37-33-28(5)21-25(2)22-29(33)6/h7-23H,1-6H3/q+1. The first-order valence-electron chi connectivity index (χ1n) is 13.3. The molecule has 0 atom stereocenters. The van der Waals surface area contributed by atoms with Crippen LogP contribution in [0.1, 0.15) is 44.5 Å². The molecule has 0 spiro atoms. The van der Waals surface area contributed by atoms with Gasteiger partial charge in [-0.2, -0.15) is 0 Å². The number of hydrogen-bond acceptors (Lipinski definition) is 2. The van der Waals surface area contributed by atoms with E-state index in [9.17, 15) is 0 Å². The molecule has 0 amide bonds. The Morgan fingerprint density at radius 1 is 0.590 bits per heavy atom. The summed E-state index contributed by atoms with van der Waals surface area (Å²) in [5.74, 6) is 1.72. The van der Waals surface area contributed by atoms with Gasteiger partial charge in [-0.05, 0) is 88.1 Å². The molecule has 0 unspecified atom stereocenters. The fourth-order valence-electron chi connectivity index (χ4n) is 5.23. The maximum atomic E-state index is 5.23. The second-order valence-electron chi connectivity index (χ2n) is 10.3. The zero-order valence-corrected chi connectivity index (χ0v) is 23.6. The molecule has 4 aromatic carbocycles. The van der Waals surface area contributed by atoms with Crippen LogP contribution in [0.25, 0.3) is 0 Å². The van der Waals surface area contributed by atoms with Crippen LogP contribution in [0.4, 0.5) is 11.4 Å². The van der Waals surface area contributed by atoms with Gasteiger partial charge >= 0.3 is 0 Å². The number of nitrogens with zero attached hydrogens (tertiary/aromatic N) is 4. The molecular formula is C35H35N4+. The van der Waals surface area contributed by atoms with E-state index in [0.29, 0.717) is 0 Å². The summed E-state index contributed by atoms with van der Waals surface area (Å²) in [5.41, 5.74) is 11.2. The number of hydrogen-bond donors (Lipinski definition) is 0. The number of imidazole rings is 1. The topological polar surface area (TPSA) is 33.5 Å². The van der Waals surface area contributed by atoms with Crippen LogP contribution in [0.5, 0.6) is 0 Å². The summed E-state index contributed by atoms with van der Waals surface area (Å²) < 4.78 is 4.17. The van der Waals surface area contributed by atoms with E-state index in [2.05, 4.69) is 142 Å². The van der Waals surface area contributed by atoms with Gasteiger partial charge in [0, 0.05) is 5.56 Å². The van der Waals surface area contributed by atoms with Crippen molar-refractivity contribution in [3.8, 4) is 0 Å². The molecule has 0 saturated carbocycles. The molecule has 4 nitrogen and oxygen atoms in total. The Bertz CT molecular complexity index is 1520. The van der Waals surface area contributed by atoms with Gasteiger partial charge in [-0.25, -0.2) is 14.1 Å². The van der Waals surface area contributed by atoms with E-state index >= 15 is 0 Å². The molecule has 5 aromatic rings. The van der Waals surface area contributed by atoms with Crippen molar-refractivity contribution in [2.45, 2.75) is 41.5 Å². The van der Waals surface area contributed by atoms with Crippen molar-refractivity contribution in [1.29, 1.82) is 0 Å². The van der Waals surface area contributed by atoms with Gasteiger partial charge in [0.2, 0.25) is 12.2 Å². The molecule has 1 heterocycles. The number of aryl methyl sites for hydroxylation is 6. The van der Waals surface area contributed by atoms with Crippen molar-refractivity contribution in [2.24, 2.45) is 9.98 Å². The van der Waals surface area contributed by atoms with Crippen molar-refractivity contribution in [1.82, 2.24) is 4.57 Å². The molecule has 4 heteroatoms. The van der Waals surface area contributed by atoms with Gasteiger partial charge in [0.25, 0.3) is 5.84 Å². The third kappa shape index (κ3) is 5.65. The highest BCUT2D eigenvalue weighted by Crippen LogP contribution is 2.27. The monoisotopic (exact) mass is 511 g/mol. The lowest BCUT2D eigenvalue weighted by atomic mass is 10.1.